The van der Waals surface area contributed by atoms with Crippen LogP contribution in [0.5, 0.6) is 11.5 Å². The number of aryl methyl sites for hydroxylation is 1. The molecule has 0 amide bonds. The number of aromatic nitrogens is 1. The van der Waals surface area contributed by atoms with Crippen LogP contribution >= 0.6 is 0 Å². The fourth-order valence-electron chi connectivity index (χ4n) is 2.65. The SMILES string of the molecule is Cn1c(=O)c2c(c3cc(O)ccc31)O[C@@H](C(C)(C)O)C2. The Morgan fingerprint density at radius 2 is 2.10 bits per heavy atom. The van der Waals surface area contributed by atoms with Crippen LogP contribution in [0.2, 0.25) is 0 Å². The van der Waals surface area contributed by atoms with Crippen molar-refractivity contribution in [1.82, 2.24) is 4.57 Å². The first-order valence-electron chi connectivity index (χ1n) is 6.52. The fourth-order valence-corrected chi connectivity index (χ4v) is 2.65. The highest BCUT2D eigenvalue weighted by Gasteiger charge is 2.37. The predicted octanol–water partition coefficient (Wildman–Crippen LogP) is 1.32. The maximum absolute atomic E-state index is 12.4. The lowest BCUT2D eigenvalue weighted by atomic mass is 9.97. The minimum Gasteiger partial charge on any atom is -0.508 e. The van der Waals surface area contributed by atoms with Crippen LogP contribution in [-0.2, 0) is 13.5 Å². The van der Waals surface area contributed by atoms with Gasteiger partial charge in [-0.05, 0) is 32.0 Å². The zero-order valence-electron chi connectivity index (χ0n) is 11.7. The highest BCUT2D eigenvalue weighted by molar-refractivity contribution is 5.88. The number of pyridine rings is 1. The van der Waals surface area contributed by atoms with Crippen LogP contribution < -0.4 is 10.3 Å². The predicted molar refractivity (Wildman–Crippen MR) is 75.3 cm³/mol. The van der Waals surface area contributed by atoms with Crippen molar-refractivity contribution < 1.29 is 14.9 Å². The molecular formula is C15H17NO4. The second kappa shape index (κ2) is 3.99. The second-order valence-corrected chi connectivity index (χ2v) is 5.84. The molecule has 2 N–H and O–H groups in total. The number of hydrogen-bond donors (Lipinski definition) is 2. The molecule has 1 aliphatic rings. The summed E-state index contributed by atoms with van der Waals surface area (Å²) in [6.45, 7) is 3.32. The van der Waals surface area contributed by atoms with Gasteiger partial charge in [-0.1, -0.05) is 0 Å². The van der Waals surface area contributed by atoms with Gasteiger partial charge in [0.1, 0.15) is 17.6 Å². The Morgan fingerprint density at radius 3 is 2.75 bits per heavy atom. The van der Waals surface area contributed by atoms with Crippen molar-refractivity contribution in [3.63, 3.8) is 0 Å². The first-order valence-corrected chi connectivity index (χ1v) is 6.52. The van der Waals surface area contributed by atoms with E-state index in [0.717, 1.165) is 0 Å². The molecule has 0 saturated heterocycles. The van der Waals surface area contributed by atoms with Crippen molar-refractivity contribution in [2.24, 2.45) is 7.05 Å². The zero-order valence-corrected chi connectivity index (χ0v) is 11.7. The Kier molecular flexibility index (Phi) is 2.59. The van der Waals surface area contributed by atoms with Gasteiger partial charge in [0.25, 0.3) is 5.56 Å². The summed E-state index contributed by atoms with van der Waals surface area (Å²) in [6.07, 6.45) is -0.0879. The van der Waals surface area contributed by atoms with Crippen LogP contribution in [0.1, 0.15) is 19.4 Å². The van der Waals surface area contributed by atoms with Gasteiger partial charge in [0.15, 0.2) is 0 Å². The Labute approximate surface area is 116 Å². The van der Waals surface area contributed by atoms with Crippen LogP contribution in [0.25, 0.3) is 10.9 Å². The molecular weight excluding hydrogens is 258 g/mol. The van der Waals surface area contributed by atoms with Gasteiger partial charge < -0.3 is 19.5 Å². The maximum atomic E-state index is 12.4. The van der Waals surface area contributed by atoms with Crippen LogP contribution in [0.15, 0.2) is 23.0 Å². The molecule has 1 aromatic carbocycles. The highest BCUT2D eigenvalue weighted by Crippen LogP contribution is 2.37. The number of hydrogen-bond acceptors (Lipinski definition) is 4. The number of fused-ring (bicyclic) bond motifs is 3. The van der Waals surface area contributed by atoms with Gasteiger partial charge in [-0.3, -0.25) is 4.79 Å². The molecule has 0 spiro atoms. The number of phenols is 1. The molecule has 0 saturated carbocycles. The minimum atomic E-state index is -1.03. The van der Waals surface area contributed by atoms with Gasteiger partial charge in [0.05, 0.1) is 16.7 Å². The lowest BCUT2D eigenvalue weighted by molar-refractivity contribution is -0.0224. The van der Waals surface area contributed by atoms with Gasteiger partial charge in [-0.25, -0.2) is 0 Å². The fraction of sp³-hybridized carbons (Fsp3) is 0.400. The standard InChI is InChI=1S/C15H17NO4/c1-15(2,19)12-7-10-13(20-12)9-6-8(17)4-5-11(9)16(3)14(10)18/h4-6,12,17,19H,7H2,1-3H3/t12-/m1/s1. The van der Waals surface area contributed by atoms with E-state index in [2.05, 4.69) is 0 Å². The van der Waals surface area contributed by atoms with Crippen LogP contribution in [0.3, 0.4) is 0 Å². The smallest absolute Gasteiger partial charge is 0.257 e. The first kappa shape index (κ1) is 13.0. The summed E-state index contributed by atoms with van der Waals surface area (Å²) in [5.74, 6) is 0.597. The third-order valence-corrected chi connectivity index (χ3v) is 3.86. The third kappa shape index (κ3) is 1.78. The van der Waals surface area contributed by atoms with Crippen LogP contribution in [0, 0.1) is 0 Å². The first-order chi connectivity index (χ1) is 9.29. The van der Waals surface area contributed by atoms with Gasteiger partial charge in [0.2, 0.25) is 0 Å². The number of phenolic OH excluding ortho intramolecular Hbond substituents is 1. The van der Waals surface area contributed by atoms with Crippen molar-refractivity contribution in [3.8, 4) is 11.5 Å². The van der Waals surface area contributed by atoms with E-state index in [1.54, 1.807) is 37.6 Å². The molecule has 1 atom stereocenters. The van der Waals surface area contributed by atoms with E-state index in [9.17, 15) is 15.0 Å². The zero-order chi connectivity index (χ0) is 14.7. The average molecular weight is 275 g/mol. The molecule has 2 aromatic rings. The summed E-state index contributed by atoms with van der Waals surface area (Å²) in [5, 5.41) is 20.4. The Bertz CT molecular complexity index is 755. The van der Waals surface area contributed by atoms with E-state index in [0.29, 0.717) is 28.6 Å². The number of aromatic hydroxyl groups is 1. The van der Waals surface area contributed by atoms with Crippen LogP contribution in [-0.4, -0.2) is 26.5 Å². The van der Waals surface area contributed by atoms with Crippen molar-refractivity contribution in [3.05, 3.63) is 34.1 Å². The topological polar surface area (TPSA) is 71.7 Å². The van der Waals surface area contributed by atoms with E-state index in [1.165, 1.54) is 6.07 Å². The van der Waals surface area contributed by atoms with Gasteiger partial charge >= 0.3 is 0 Å². The second-order valence-electron chi connectivity index (χ2n) is 5.84. The van der Waals surface area contributed by atoms with Crippen molar-refractivity contribution in [1.29, 1.82) is 0 Å². The largest absolute Gasteiger partial charge is 0.508 e. The van der Waals surface area contributed by atoms with E-state index in [1.807, 2.05) is 0 Å². The molecule has 3 rings (SSSR count). The molecule has 106 valence electrons. The highest BCUT2D eigenvalue weighted by atomic mass is 16.5. The molecule has 0 fully saturated rings. The summed E-state index contributed by atoms with van der Waals surface area (Å²) < 4.78 is 7.35. The quantitative estimate of drug-likeness (QED) is 0.823. The van der Waals surface area contributed by atoms with Gasteiger partial charge in [-0.15, -0.1) is 0 Å². The molecule has 5 heteroatoms. The normalized spacial score (nSPS) is 18.1. The van der Waals surface area contributed by atoms with Crippen molar-refractivity contribution >= 4 is 10.9 Å². The number of benzene rings is 1. The lowest BCUT2D eigenvalue weighted by Crippen LogP contribution is -2.39. The molecule has 20 heavy (non-hydrogen) atoms. The van der Waals surface area contributed by atoms with Crippen molar-refractivity contribution in [2.75, 3.05) is 0 Å². The van der Waals surface area contributed by atoms with E-state index >= 15 is 0 Å². The maximum Gasteiger partial charge on any atom is 0.257 e. The number of aliphatic hydroxyl groups is 1. The molecule has 5 nitrogen and oxygen atoms in total. The summed E-state index contributed by atoms with van der Waals surface area (Å²) >= 11 is 0. The summed E-state index contributed by atoms with van der Waals surface area (Å²) in [4.78, 5) is 12.4. The molecule has 1 aliphatic heterocycles. The van der Waals surface area contributed by atoms with E-state index in [-0.39, 0.29) is 11.3 Å². The number of nitrogens with zero attached hydrogens (tertiary/aromatic N) is 1. The van der Waals surface area contributed by atoms with Gasteiger partial charge in [-0.2, -0.15) is 0 Å². The molecule has 0 bridgehead atoms. The molecule has 0 unspecified atom stereocenters. The monoisotopic (exact) mass is 275 g/mol. The molecule has 0 aliphatic carbocycles. The summed E-state index contributed by atoms with van der Waals surface area (Å²) in [6, 6.07) is 4.81. The Hall–Kier alpha value is -2.01. The summed E-state index contributed by atoms with van der Waals surface area (Å²) in [7, 11) is 1.69. The van der Waals surface area contributed by atoms with Gasteiger partial charge in [0, 0.05) is 18.9 Å². The number of rotatable bonds is 1. The summed E-state index contributed by atoms with van der Waals surface area (Å²) in [5.41, 5.74) is 0.0957. The van der Waals surface area contributed by atoms with E-state index < -0.39 is 11.7 Å². The van der Waals surface area contributed by atoms with Crippen LogP contribution in [0.4, 0.5) is 0 Å². The van der Waals surface area contributed by atoms with E-state index in [4.69, 9.17) is 4.74 Å². The minimum absolute atomic E-state index is 0.119. The third-order valence-electron chi connectivity index (χ3n) is 3.86. The number of ether oxygens (including phenoxy) is 1. The van der Waals surface area contributed by atoms with Crippen molar-refractivity contribution in [2.45, 2.75) is 32.0 Å². The average Bonchev–Trinajstić information content (AvgIpc) is 2.81. The lowest BCUT2D eigenvalue weighted by Gasteiger charge is -2.24. The Balaban J connectivity index is 2.30. The molecule has 0 radical (unpaired) electrons. The Morgan fingerprint density at radius 1 is 1.40 bits per heavy atom. The molecule has 2 heterocycles. The molecule has 1 aromatic heterocycles.